The molecule has 0 amide bonds. The molecule has 1 atom stereocenters. The van der Waals surface area contributed by atoms with E-state index in [0.717, 1.165) is 12.8 Å². The second-order valence-corrected chi connectivity index (χ2v) is 9.08. The van der Waals surface area contributed by atoms with Crippen LogP contribution in [0.5, 0.6) is 0 Å². The quantitative estimate of drug-likeness (QED) is 0.506. The molecule has 118 valence electrons. The predicted molar refractivity (Wildman–Crippen MR) is 82.8 cm³/mol. The summed E-state index contributed by atoms with van der Waals surface area (Å²) in [7, 11) is -1.55. The van der Waals surface area contributed by atoms with E-state index < -0.39 is 15.4 Å². The number of carbonyl (C=O) groups is 1. The Hall–Kier alpha value is -0.270. The Morgan fingerprint density at radius 3 is 2.45 bits per heavy atom. The number of hydrogen-bond donors (Lipinski definition) is 1. The number of ether oxygens (including phenoxy) is 1. The summed E-state index contributed by atoms with van der Waals surface area (Å²) in [6.45, 7) is 4.00. The van der Waals surface area contributed by atoms with Crippen molar-refractivity contribution in [2.75, 3.05) is 30.6 Å². The van der Waals surface area contributed by atoms with Crippen molar-refractivity contribution in [2.45, 2.75) is 38.3 Å². The van der Waals surface area contributed by atoms with E-state index in [-0.39, 0.29) is 17.8 Å². The van der Waals surface area contributed by atoms with Gasteiger partial charge < -0.3 is 4.74 Å². The molecule has 0 radical (unpaired) electrons. The largest absolute Gasteiger partial charge is 0.468 e. The van der Waals surface area contributed by atoms with Gasteiger partial charge in [0.15, 0.2) is 0 Å². The monoisotopic (exact) mass is 323 g/mol. The maximum absolute atomic E-state index is 12.2. The van der Waals surface area contributed by atoms with Crippen LogP contribution in [0.25, 0.3) is 0 Å². The van der Waals surface area contributed by atoms with Crippen LogP contribution >= 0.6 is 11.8 Å². The molecule has 1 N–H and O–H groups in total. The second-order valence-electron chi connectivity index (χ2n) is 5.72. The fourth-order valence-corrected chi connectivity index (χ4v) is 4.86. The Morgan fingerprint density at radius 2 is 2.05 bits per heavy atom. The van der Waals surface area contributed by atoms with Gasteiger partial charge in [-0.25, -0.2) is 8.42 Å². The second kappa shape index (κ2) is 7.13. The average molecular weight is 323 g/mol. The number of carbonyl (C=O) groups excluding carboxylic acids is 1. The molecule has 0 saturated heterocycles. The molecule has 1 aliphatic rings. The maximum atomic E-state index is 12.2. The molecule has 0 spiro atoms. The molecular weight excluding hydrogens is 298 g/mol. The van der Waals surface area contributed by atoms with Gasteiger partial charge in [-0.3, -0.25) is 10.1 Å². The van der Waals surface area contributed by atoms with Crippen molar-refractivity contribution in [1.29, 1.82) is 0 Å². The third kappa shape index (κ3) is 5.26. The van der Waals surface area contributed by atoms with E-state index in [1.165, 1.54) is 25.1 Å². The van der Waals surface area contributed by atoms with E-state index in [4.69, 9.17) is 4.74 Å². The van der Waals surface area contributed by atoms with E-state index in [2.05, 4.69) is 5.32 Å². The van der Waals surface area contributed by atoms with Crippen LogP contribution in [0.4, 0.5) is 0 Å². The summed E-state index contributed by atoms with van der Waals surface area (Å²) in [6, 6.07) is 0.171. The summed E-state index contributed by atoms with van der Waals surface area (Å²) in [5, 5.41) is 3.36. The minimum Gasteiger partial charge on any atom is -0.468 e. The number of esters is 1. The van der Waals surface area contributed by atoms with Gasteiger partial charge in [0.2, 0.25) is 0 Å². The van der Waals surface area contributed by atoms with Crippen LogP contribution in [0, 0.1) is 5.92 Å². The summed E-state index contributed by atoms with van der Waals surface area (Å²) in [5.74, 6) is 1.26. The lowest BCUT2D eigenvalue weighted by molar-refractivity contribution is -0.148. The zero-order valence-corrected chi connectivity index (χ0v) is 14.3. The molecule has 0 aliphatic heterocycles. The molecule has 0 aromatic heterocycles. The Kier molecular flexibility index (Phi) is 6.34. The first-order valence-corrected chi connectivity index (χ1v) is 10.0. The highest BCUT2D eigenvalue weighted by atomic mass is 32.2. The van der Waals surface area contributed by atoms with Gasteiger partial charge in [0.05, 0.1) is 12.9 Å². The lowest BCUT2D eigenvalue weighted by Crippen LogP contribution is -2.59. The van der Waals surface area contributed by atoms with Gasteiger partial charge >= 0.3 is 5.97 Å². The Bertz CT molecular complexity index is 432. The first-order valence-electron chi connectivity index (χ1n) is 6.83. The number of rotatable bonds is 9. The van der Waals surface area contributed by atoms with Crippen LogP contribution in [0.2, 0.25) is 0 Å². The maximum Gasteiger partial charge on any atom is 0.327 e. The number of thioether (sulfide) groups is 1. The molecule has 7 heteroatoms. The van der Waals surface area contributed by atoms with Crippen molar-refractivity contribution in [2.24, 2.45) is 5.92 Å². The van der Waals surface area contributed by atoms with E-state index >= 15 is 0 Å². The highest BCUT2D eigenvalue weighted by Gasteiger charge is 2.51. The summed E-state index contributed by atoms with van der Waals surface area (Å²) < 4.78 is 27.3. The van der Waals surface area contributed by atoms with E-state index in [1.807, 2.05) is 13.8 Å². The van der Waals surface area contributed by atoms with Gasteiger partial charge in [0.1, 0.15) is 15.4 Å². The van der Waals surface area contributed by atoms with Crippen LogP contribution in [0.1, 0.15) is 26.7 Å². The van der Waals surface area contributed by atoms with Gasteiger partial charge in [-0.2, -0.15) is 11.8 Å². The standard InChI is InChI=1S/C13H25NO4S2/c1-10(2)14-13(11-5-6-11,12(15)18-3)9-19-7-8-20(4,16)17/h10-11,14H,5-9H2,1-4H3. The Morgan fingerprint density at radius 1 is 1.45 bits per heavy atom. The van der Waals surface area contributed by atoms with Crippen molar-refractivity contribution in [3.05, 3.63) is 0 Å². The first-order chi connectivity index (χ1) is 9.21. The third-order valence-corrected chi connectivity index (χ3v) is 5.65. The zero-order chi connectivity index (χ0) is 15.4. The third-order valence-electron chi connectivity index (χ3n) is 3.30. The molecule has 1 aliphatic carbocycles. The summed E-state index contributed by atoms with van der Waals surface area (Å²) >= 11 is 1.50. The van der Waals surface area contributed by atoms with Crippen LogP contribution in [-0.2, 0) is 19.4 Å². The Labute approximate surface area is 126 Å². The lowest BCUT2D eigenvalue weighted by Gasteiger charge is -2.34. The van der Waals surface area contributed by atoms with Crippen molar-refractivity contribution < 1.29 is 17.9 Å². The van der Waals surface area contributed by atoms with Crippen molar-refractivity contribution in [3.63, 3.8) is 0 Å². The molecule has 1 unspecified atom stereocenters. The number of methoxy groups -OCH3 is 1. The van der Waals surface area contributed by atoms with Crippen LogP contribution in [0.3, 0.4) is 0 Å². The predicted octanol–water partition coefficient (Wildman–Crippen LogP) is 1.08. The highest BCUT2D eigenvalue weighted by molar-refractivity contribution is 8.00. The van der Waals surface area contributed by atoms with Crippen LogP contribution < -0.4 is 5.32 Å². The van der Waals surface area contributed by atoms with Gasteiger partial charge in [-0.15, -0.1) is 0 Å². The van der Waals surface area contributed by atoms with Gasteiger partial charge in [-0.1, -0.05) is 0 Å². The summed E-state index contributed by atoms with van der Waals surface area (Å²) in [5.41, 5.74) is -0.676. The van der Waals surface area contributed by atoms with E-state index in [0.29, 0.717) is 17.4 Å². The first kappa shape index (κ1) is 17.8. The molecule has 0 bridgehead atoms. The molecule has 0 aromatic carbocycles. The molecule has 5 nitrogen and oxygen atoms in total. The van der Waals surface area contributed by atoms with Gasteiger partial charge in [0.25, 0.3) is 0 Å². The van der Waals surface area contributed by atoms with Gasteiger partial charge in [0, 0.05) is 23.8 Å². The minimum atomic E-state index is -2.95. The molecule has 1 fully saturated rings. The van der Waals surface area contributed by atoms with Crippen LogP contribution in [-0.4, -0.2) is 56.6 Å². The van der Waals surface area contributed by atoms with Crippen LogP contribution in [0.15, 0.2) is 0 Å². The van der Waals surface area contributed by atoms with Crippen molar-refractivity contribution >= 4 is 27.6 Å². The summed E-state index contributed by atoms with van der Waals surface area (Å²) in [4.78, 5) is 12.2. The molecule has 1 rings (SSSR count). The van der Waals surface area contributed by atoms with E-state index in [9.17, 15) is 13.2 Å². The fourth-order valence-electron chi connectivity index (χ4n) is 2.28. The topological polar surface area (TPSA) is 72.5 Å². The molecule has 0 heterocycles. The highest BCUT2D eigenvalue weighted by Crippen LogP contribution is 2.42. The number of nitrogens with one attached hydrogen (secondary N) is 1. The number of sulfone groups is 1. The minimum absolute atomic E-state index is 0.140. The average Bonchev–Trinajstić information content (AvgIpc) is 3.14. The zero-order valence-electron chi connectivity index (χ0n) is 12.6. The smallest absolute Gasteiger partial charge is 0.327 e. The molecule has 20 heavy (non-hydrogen) atoms. The normalized spacial score (nSPS) is 18.9. The SMILES string of the molecule is COC(=O)C(CSCCS(C)(=O)=O)(NC(C)C)C1CC1. The summed E-state index contributed by atoms with van der Waals surface area (Å²) in [6.07, 6.45) is 3.26. The molecular formula is C13H25NO4S2. The van der Waals surface area contributed by atoms with Crippen molar-refractivity contribution in [3.8, 4) is 0 Å². The molecule has 0 aromatic rings. The Balaban J connectivity index is 2.69. The van der Waals surface area contributed by atoms with Gasteiger partial charge in [-0.05, 0) is 32.6 Å². The van der Waals surface area contributed by atoms with Crippen molar-refractivity contribution in [1.82, 2.24) is 5.32 Å². The lowest BCUT2D eigenvalue weighted by atomic mass is 9.94. The number of hydrogen-bond acceptors (Lipinski definition) is 6. The van der Waals surface area contributed by atoms with E-state index in [1.54, 1.807) is 0 Å². The fraction of sp³-hybridized carbons (Fsp3) is 0.923. The molecule has 1 saturated carbocycles.